The van der Waals surface area contributed by atoms with E-state index in [-0.39, 0.29) is 16.2 Å². The molecular formula is C17H16F3N3O4S. The van der Waals surface area contributed by atoms with Crippen LogP contribution in [0, 0.1) is 13.8 Å². The van der Waals surface area contributed by atoms with Crippen molar-refractivity contribution in [3.8, 4) is 11.5 Å². The molecule has 0 amide bonds. The number of aromatic amines is 1. The number of aryl methyl sites for hydroxylation is 1. The largest absolute Gasteiger partial charge is 0.573 e. The van der Waals surface area contributed by atoms with Crippen molar-refractivity contribution in [1.82, 2.24) is 15.0 Å². The molecule has 28 heavy (non-hydrogen) atoms. The number of imidazole rings is 1. The Morgan fingerprint density at radius 3 is 2.57 bits per heavy atom. The highest BCUT2D eigenvalue weighted by atomic mass is 32.2. The van der Waals surface area contributed by atoms with Crippen molar-refractivity contribution < 1.29 is 31.1 Å². The number of hydrogen-bond donors (Lipinski definition) is 1. The first-order valence-corrected chi connectivity index (χ1v) is 9.63. The maximum absolute atomic E-state index is 12.7. The molecule has 0 saturated carbocycles. The maximum Gasteiger partial charge on any atom is 0.573 e. The summed E-state index contributed by atoms with van der Waals surface area (Å²) in [5.41, 5.74) is 1.94. The van der Waals surface area contributed by atoms with E-state index in [9.17, 15) is 21.6 Å². The third-order valence-electron chi connectivity index (χ3n) is 4.04. The number of alkyl halides is 3. The summed E-state index contributed by atoms with van der Waals surface area (Å²) >= 11 is 0. The summed E-state index contributed by atoms with van der Waals surface area (Å²) < 4.78 is 71.6. The van der Waals surface area contributed by atoms with Crippen LogP contribution in [0.1, 0.15) is 16.8 Å². The second-order valence-electron chi connectivity index (χ2n) is 6.07. The second kappa shape index (κ2) is 6.97. The number of pyridine rings is 1. The number of aromatic nitrogens is 3. The van der Waals surface area contributed by atoms with Crippen molar-refractivity contribution in [2.45, 2.75) is 31.1 Å². The van der Waals surface area contributed by atoms with E-state index in [1.807, 2.05) is 0 Å². The zero-order valence-electron chi connectivity index (χ0n) is 15.1. The lowest BCUT2D eigenvalue weighted by atomic mass is 10.1. The molecular weight excluding hydrogens is 399 g/mol. The molecule has 3 aromatic rings. The number of halogens is 3. The number of hydrogen-bond acceptors (Lipinski definition) is 6. The molecule has 0 aliphatic heterocycles. The fourth-order valence-corrected chi connectivity index (χ4v) is 4.06. The lowest BCUT2D eigenvalue weighted by molar-refractivity contribution is -0.274. The van der Waals surface area contributed by atoms with Gasteiger partial charge in [-0.3, -0.25) is 4.98 Å². The van der Waals surface area contributed by atoms with Gasteiger partial charge in [0.1, 0.15) is 17.3 Å². The third kappa shape index (κ3) is 4.03. The zero-order valence-corrected chi connectivity index (χ0v) is 15.9. The average molecular weight is 415 g/mol. The lowest BCUT2D eigenvalue weighted by Crippen LogP contribution is -2.16. The van der Waals surface area contributed by atoms with Gasteiger partial charge in [-0.2, -0.15) is 0 Å². The van der Waals surface area contributed by atoms with Crippen LogP contribution >= 0.6 is 0 Å². The van der Waals surface area contributed by atoms with Crippen LogP contribution in [0.15, 0.2) is 29.6 Å². The van der Waals surface area contributed by atoms with Crippen LogP contribution in [-0.2, 0) is 15.6 Å². The molecule has 0 radical (unpaired) electrons. The highest BCUT2D eigenvalue weighted by Crippen LogP contribution is 2.28. The van der Waals surface area contributed by atoms with Gasteiger partial charge in [0, 0.05) is 23.4 Å². The van der Waals surface area contributed by atoms with Gasteiger partial charge in [-0.15, -0.1) is 13.2 Å². The van der Waals surface area contributed by atoms with Gasteiger partial charge in [-0.25, -0.2) is 13.4 Å². The highest BCUT2D eigenvalue weighted by Gasteiger charge is 2.31. The molecule has 1 aromatic carbocycles. The Morgan fingerprint density at radius 2 is 1.93 bits per heavy atom. The average Bonchev–Trinajstić information content (AvgIpc) is 3.01. The summed E-state index contributed by atoms with van der Waals surface area (Å²) in [4.78, 5) is 10.7. The Bertz CT molecular complexity index is 1140. The fourth-order valence-electron chi connectivity index (χ4n) is 2.77. The standard InChI is InChI=1S/C17H16F3N3O4S/c1-9-7-21-14(10(2)15(9)26-3)8-28(24,25)16-22-12-5-4-11(6-13(12)23-16)27-17(18,19)20/h4-7H,8H2,1-3H3,(H,22,23). The minimum absolute atomic E-state index is 0.0338. The van der Waals surface area contributed by atoms with Gasteiger partial charge in [0.2, 0.25) is 15.0 Å². The molecule has 0 unspecified atom stereocenters. The summed E-state index contributed by atoms with van der Waals surface area (Å²) in [6.45, 7) is 3.49. The van der Waals surface area contributed by atoms with Gasteiger partial charge in [-0.1, -0.05) is 0 Å². The Balaban J connectivity index is 1.95. The summed E-state index contributed by atoms with van der Waals surface area (Å²) in [7, 11) is -2.45. The first-order chi connectivity index (χ1) is 13.0. The Kier molecular flexibility index (Phi) is 4.96. The number of H-pyrrole nitrogens is 1. The van der Waals surface area contributed by atoms with Crippen molar-refractivity contribution in [3.05, 3.63) is 41.2 Å². The van der Waals surface area contributed by atoms with E-state index in [1.165, 1.54) is 19.4 Å². The number of nitrogens with one attached hydrogen (secondary N) is 1. The minimum atomic E-state index is -4.85. The molecule has 1 N–H and O–H groups in total. The molecule has 0 fully saturated rings. The maximum atomic E-state index is 12.7. The van der Waals surface area contributed by atoms with Crippen LogP contribution in [0.5, 0.6) is 11.5 Å². The molecule has 150 valence electrons. The second-order valence-corrected chi connectivity index (χ2v) is 7.98. The van der Waals surface area contributed by atoms with Crippen molar-refractivity contribution in [3.63, 3.8) is 0 Å². The van der Waals surface area contributed by atoms with Crippen molar-refractivity contribution in [2.75, 3.05) is 7.11 Å². The van der Waals surface area contributed by atoms with Crippen LogP contribution in [-0.4, -0.2) is 36.8 Å². The molecule has 0 saturated heterocycles. The first-order valence-electron chi connectivity index (χ1n) is 7.97. The molecule has 0 bridgehead atoms. The van der Waals surface area contributed by atoms with Crippen LogP contribution in [0.25, 0.3) is 11.0 Å². The number of methoxy groups -OCH3 is 1. The minimum Gasteiger partial charge on any atom is -0.496 e. The van der Waals surface area contributed by atoms with Gasteiger partial charge in [-0.05, 0) is 26.0 Å². The first kappa shape index (κ1) is 19.9. The Hall–Kier alpha value is -2.82. The van der Waals surface area contributed by atoms with E-state index in [0.717, 1.165) is 17.7 Å². The van der Waals surface area contributed by atoms with E-state index < -0.39 is 27.7 Å². The molecule has 2 heterocycles. The van der Waals surface area contributed by atoms with E-state index in [0.29, 0.717) is 17.0 Å². The monoisotopic (exact) mass is 415 g/mol. The van der Waals surface area contributed by atoms with Gasteiger partial charge >= 0.3 is 6.36 Å². The highest BCUT2D eigenvalue weighted by molar-refractivity contribution is 7.90. The molecule has 3 rings (SSSR count). The number of nitrogens with zero attached hydrogens (tertiary/aromatic N) is 2. The number of benzene rings is 1. The van der Waals surface area contributed by atoms with Gasteiger partial charge in [0.05, 0.1) is 23.8 Å². The van der Waals surface area contributed by atoms with Crippen LogP contribution in [0.4, 0.5) is 13.2 Å². The van der Waals surface area contributed by atoms with E-state index in [1.54, 1.807) is 13.8 Å². The fraction of sp³-hybridized carbons (Fsp3) is 0.294. The number of ether oxygens (including phenoxy) is 2. The molecule has 0 aliphatic rings. The summed E-state index contributed by atoms with van der Waals surface area (Å²) in [6, 6.07) is 3.35. The van der Waals surface area contributed by atoms with Gasteiger partial charge < -0.3 is 14.5 Å². The van der Waals surface area contributed by atoms with E-state index >= 15 is 0 Å². The molecule has 11 heteroatoms. The van der Waals surface area contributed by atoms with Crippen molar-refractivity contribution in [2.24, 2.45) is 0 Å². The Morgan fingerprint density at radius 1 is 1.21 bits per heavy atom. The van der Waals surface area contributed by atoms with Crippen LogP contribution < -0.4 is 9.47 Å². The molecule has 7 nitrogen and oxygen atoms in total. The van der Waals surface area contributed by atoms with Crippen LogP contribution in [0.2, 0.25) is 0 Å². The van der Waals surface area contributed by atoms with Gasteiger partial charge in [0.15, 0.2) is 0 Å². The quantitative estimate of drug-likeness (QED) is 0.686. The number of fused-ring (bicyclic) bond motifs is 1. The van der Waals surface area contributed by atoms with Crippen LogP contribution in [0.3, 0.4) is 0 Å². The lowest BCUT2D eigenvalue weighted by Gasteiger charge is -2.11. The summed E-state index contributed by atoms with van der Waals surface area (Å²) in [5, 5.41) is -0.368. The van der Waals surface area contributed by atoms with E-state index in [4.69, 9.17) is 4.74 Å². The van der Waals surface area contributed by atoms with Crippen molar-refractivity contribution in [1.29, 1.82) is 0 Å². The summed E-state index contributed by atoms with van der Waals surface area (Å²) in [5.74, 6) is -0.392. The van der Waals surface area contributed by atoms with Crippen molar-refractivity contribution >= 4 is 20.9 Å². The predicted octanol–water partition coefficient (Wildman–Crippen LogP) is 3.46. The molecule has 0 spiro atoms. The Labute approximate surface area is 158 Å². The smallest absolute Gasteiger partial charge is 0.496 e. The predicted molar refractivity (Wildman–Crippen MR) is 93.9 cm³/mol. The SMILES string of the molecule is COc1c(C)cnc(CS(=O)(=O)c2nc3cc(OC(F)(F)F)ccc3[nH]2)c1C. The molecule has 0 atom stereocenters. The topological polar surface area (TPSA) is 94.2 Å². The summed E-state index contributed by atoms with van der Waals surface area (Å²) in [6.07, 6.45) is -3.34. The normalized spacial score (nSPS) is 12.4. The number of rotatable bonds is 5. The van der Waals surface area contributed by atoms with E-state index in [2.05, 4.69) is 19.7 Å². The molecule has 0 aliphatic carbocycles. The third-order valence-corrected chi connectivity index (χ3v) is 5.47. The van der Waals surface area contributed by atoms with Gasteiger partial charge in [0.25, 0.3) is 0 Å². The molecule has 2 aromatic heterocycles. The zero-order chi connectivity index (χ0) is 20.7. The number of sulfone groups is 1.